The number of likely N-dealkylation sites (tertiary alicyclic amines) is 2. The number of para-hydroxylation sites is 1. The number of aliphatic hydroxyl groups excluding tert-OH is 1. The van der Waals surface area contributed by atoms with Gasteiger partial charge in [0.05, 0.1) is 46.1 Å². The van der Waals surface area contributed by atoms with Gasteiger partial charge in [-0.25, -0.2) is 9.97 Å². The van der Waals surface area contributed by atoms with Crippen LogP contribution < -0.4 is 36.2 Å². The van der Waals surface area contributed by atoms with Crippen molar-refractivity contribution < 1.29 is 33.8 Å². The summed E-state index contributed by atoms with van der Waals surface area (Å²) in [4.78, 5) is 49.1. The van der Waals surface area contributed by atoms with Crippen molar-refractivity contribution in [3.05, 3.63) is 95.8 Å². The number of carbonyl (C=O) groups excluding carboxylic acids is 2. The molecule has 7 N–H and O–H groups in total. The number of ether oxygens (including phenoxy) is 2. The largest absolute Gasteiger partial charge is 0.507 e. The average Bonchev–Trinajstić information content (AvgIpc) is 4.30. The predicted octanol–water partition coefficient (Wildman–Crippen LogP) is 7.26. The Morgan fingerprint density at radius 2 is 1.57 bits per heavy atom. The van der Waals surface area contributed by atoms with Crippen LogP contribution in [0.2, 0.25) is 0 Å². The molecule has 1 saturated carbocycles. The molecule has 21 heteroatoms. The Labute approximate surface area is 476 Å². The second-order valence-corrected chi connectivity index (χ2v) is 24.4. The molecule has 2 bridgehead atoms. The maximum atomic E-state index is 14.4. The fourth-order valence-corrected chi connectivity index (χ4v) is 14.0. The van der Waals surface area contributed by atoms with E-state index in [1.54, 1.807) is 17.6 Å². The van der Waals surface area contributed by atoms with Gasteiger partial charge in [-0.15, -0.1) is 21.5 Å². The number of hydrogen-bond acceptors (Lipinski definition) is 19. The zero-order valence-electron chi connectivity index (χ0n) is 46.4. The maximum Gasteiger partial charge on any atom is 0.243 e. The number of carbonyl (C=O) groups is 2. The highest BCUT2D eigenvalue weighted by Crippen LogP contribution is 2.41. The molecule has 1 aliphatic carbocycles. The van der Waals surface area contributed by atoms with Crippen LogP contribution in [0, 0.1) is 11.8 Å². The van der Waals surface area contributed by atoms with Gasteiger partial charge in [0.25, 0.3) is 0 Å². The number of anilines is 5. The minimum atomic E-state index is -0.817. The normalized spacial score (nSPS) is 24.4. The summed E-state index contributed by atoms with van der Waals surface area (Å²) in [6, 6.07) is 22.5. The average molecular weight is 1120 g/mol. The molecule has 0 radical (unpaired) electrons. The summed E-state index contributed by atoms with van der Waals surface area (Å²) < 4.78 is 19.0. The van der Waals surface area contributed by atoms with Crippen LogP contribution in [0.4, 0.5) is 28.8 Å². The van der Waals surface area contributed by atoms with Crippen molar-refractivity contribution in [3.8, 4) is 33.3 Å². The number of aromatic nitrogens is 5. The van der Waals surface area contributed by atoms with Gasteiger partial charge in [-0.2, -0.15) is 0 Å². The summed E-state index contributed by atoms with van der Waals surface area (Å²) in [5.74, 6) is 2.13. The maximum absolute atomic E-state index is 14.4. The van der Waals surface area contributed by atoms with Crippen molar-refractivity contribution in [2.24, 2.45) is 11.8 Å². The van der Waals surface area contributed by atoms with Gasteiger partial charge in [-0.1, -0.05) is 55.4 Å². The van der Waals surface area contributed by atoms with Gasteiger partial charge in [-0.3, -0.25) is 9.59 Å². The number of rotatable bonds is 17. The van der Waals surface area contributed by atoms with Gasteiger partial charge < -0.3 is 65.5 Å². The highest BCUT2D eigenvalue weighted by atomic mass is 32.1. The number of nitrogens with zero attached hydrogens (tertiary/aromatic N) is 10. The summed E-state index contributed by atoms with van der Waals surface area (Å²) in [5, 5.41) is 37.4. The van der Waals surface area contributed by atoms with Gasteiger partial charge in [0.15, 0.2) is 17.4 Å². The van der Waals surface area contributed by atoms with Crippen LogP contribution in [-0.2, 0) is 14.3 Å². The molecule has 12 rings (SSSR count). The number of piperidine rings is 2. The SMILES string of the molecule is CC(C)[C@H](C(=O)N1C[C@H](O)C[C@H]1C(=O)N[C@@H](C)c1ccc(-c2scnc2N)cc1)c1cc(N2CCC(CN3CCC(OC4CC(Oc5cc(N6C7CC[C@@H]6CN(c6cc(-c8ccccc8O)nnc6N)C7)ccn5)C4)CC3)CC2)no1. The van der Waals surface area contributed by atoms with E-state index in [1.165, 1.54) is 16.2 Å². The van der Waals surface area contributed by atoms with Gasteiger partial charge in [0, 0.05) is 113 Å². The van der Waals surface area contributed by atoms with E-state index in [0.29, 0.717) is 52.5 Å². The number of aliphatic hydroxyl groups is 1. The Hall–Kier alpha value is -7.07. The highest BCUT2D eigenvalue weighted by molar-refractivity contribution is 7.13. The van der Waals surface area contributed by atoms with Crippen molar-refractivity contribution in [1.29, 1.82) is 0 Å². The molecular weight excluding hydrogens is 1050 g/mol. The minimum Gasteiger partial charge on any atom is -0.507 e. The number of phenolic OH excluding ortho intramolecular Hbond substituents is 1. The van der Waals surface area contributed by atoms with Gasteiger partial charge in [0.1, 0.15) is 29.6 Å². The topological polar surface area (TPSA) is 251 Å². The third-order valence-electron chi connectivity index (χ3n) is 17.8. The van der Waals surface area contributed by atoms with Crippen LogP contribution in [0.1, 0.15) is 102 Å². The van der Waals surface area contributed by atoms with E-state index in [2.05, 4.69) is 62.4 Å². The number of piperazine rings is 1. The Kier molecular flexibility index (Phi) is 15.8. The van der Waals surface area contributed by atoms with Crippen LogP contribution in [0.3, 0.4) is 0 Å². The number of aromatic hydroxyl groups is 1. The van der Waals surface area contributed by atoms with Crippen LogP contribution in [-0.4, -0.2) is 152 Å². The van der Waals surface area contributed by atoms with E-state index < -0.39 is 18.1 Å². The zero-order valence-corrected chi connectivity index (χ0v) is 47.2. The number of thiazole rings is 1. The van der Waals surface area contributed by atoms with E-state index >= 15 is 0 Å². The molecule has 5 saturated heterocycles. The molecule has 2 aromatic carbocycles. The quantitative estimate of drug-likeness (QED) is 0.0602. The summed E-state index contributed by atoms with van der Waals surface area (Å²) in [7, 11) is 0. The Morgan fingerprint density at radius 1 is 0.815 bits per heavy atom. The number of nitrogens with one attached hydrogen (secondary N) is 1. The number of hydrogen-bond donors (Lipinski definition) is 5. The Balaban J connectivity index is 0.564. The molecule has 6 fully saturated rings. The molecule has 1 unspecified atom stereocenters. The van der Waals surface area contributed by atoms with E-state index in [0.717, 1.165) is 130 Å². The zero-order chi connectivity index (χ0) is 55.9. The molecule has 5 aliphatic heterocycles. The van der Waals surface area contributed by atoms with E-state index in [9.17, 15) is 19.8 Å². The van der Waals surface area contributed by atoms with Crippen molar-refractivity contribution >= 4 is 52.0 Å². The number of β-amino-alcohol motifs (C(OH)–C–C–N with tert-alkyl or cyclic N) is 1. The van der Waals surface area contributed by atoms with Crippen LogP contribution in [0.5, 0.6) is 11.6 Å². The number of fused-ring (bicyclic) bond motifs is 2. The molecule has 20 nitrogen and oxygen atoms in total. The fourth-order valence-electron chi connectivity index (χ4n) is 13.3. The first-order valence-corrected chi connectivity index (χ1v) is 29.9. The first-order chi connectivity index (χ1) is 39.3. The Bertz CT molecular complexity index is 3140. The number of phenols is 1. The van der Waals surface area contributed by atoms with Gasteiger partial charge in [-0.05, 0) is 92.7 Å². The summed E-state index contributed by atoms with van der Waals surface area (Å²) in [5.41, 5.74) is 19.2. The molecule has 6 atom stereocenters. The third-order valence-corrected chi connectivity index (χ3v) is 18.7. The highest BCUT2D eigenvalue weighted by Gasteiger charge is 2.45. The monoisotopic (exact) mass is 1120 g/mol. The van der Waals surface area contributed by atoms with E-state index in [4.69, 9.17) is 25.5 Å². The lowest BCUT2D eigenvalue weighted by atomic mass is 9.91. The fraction of sp³-hybridized carbons (Fsp3) is 0.517. The summed E-state index contributed by atoms with van der Waals surface area (Å²) in [6.45, 7) is 12.4. The molecule has 9 heterocycles. The lowest BCUT2D eigenvalue weighted by molar-refractivity contribution is -0.141. The lowest BCUT2D eigenvalue weighted by Gasteiger charge is -2.43. The number of amides is 2. The third kappa shape index (κ3) is 11.7. The summed E-state index contributed by atoms with van der Waals surface area (Å²) >= 11 is 1.48. The number of nitrogen functional groups attached to an aromatic ring is 2. The van der Waals surface area contributed by atoms with Crippen molar-refractivity contribution in [2.45, 2.75) is 133 Å². The molecule has 6 aromatic rings. The Morgan fingerprint density at radius 3 is 2.28 bits per heavy atom. The standard InChI is InChI=1S/C60H75N13O7S/c1-35(2)55(60(77)72-33-43(74)25-50(72)59(76)65-36(3)38-8-10-39(11-9-38)56-58(62)64-34-81-56)52-29-53(68-80-52)70-22-15-37(16-23-70)30-69-20-17-44(18-21-69)78-45-26-46(27-45)79-54-24-40(14-19-63-54)73-41-12-13-42(73)32-71(31-41)49-28-48(66-67-57(49)61)47-6-4-5-7-51(47)75/h4-11,14,19,24,28-29,34-37,41-46,50,55,74-75H,12-13,15-18,20-23,25-27,30-33,62H2,1-3H3,(H2,61,67)(H,65,76)/t36-,41+,42?,43+,45?,46?,50-,55-/m0/s1. The number of benzene rings is 2. The molecule has 6 aliphatic rings. The lowest BCUT2D eigenvalue weighted by Crippen LogP contribution is -2.54. The predicted molar refractivity (Wildman–Crippen MR) is 311 cm³/mol. The van der Waals surface area contributed by atoms with Crippen LogP contribution in [0.15, 0.2) is 89.0 Å². The molecule has 4 aromatic heterocycles. The number of pyridine rings is 1. The molecule has 428 valence electrons. The molecule has 2 amide bonds. The van der Waals surface area contributed by atoms with Crippen LogP contribution >= 0.6 is 11.3 Å². The van der Waals surface area contributed by atoms with Crippen molar-refractivity contribution in [2.75, 3.05) is 78.5 Å². The van der Waals surface area contributed by atoms with Crippen molar-refractivity contribution in [1.82, 2.24) is 40.4 Å². The second-order valence-electron chi connectivity index (χ2n) is 23.6. The van der Waals surface area contributed by atoms with Crippen molar-refractivity contribution in [3.63, 3.8) is 0 Å². The molecule has 81 heavy (non-hydrogen) atoms. The van der Waals surface area contributed by atoms with Gasteiger partial charge >= 0.3 is 0 Å². The molecular formula is C60H75N13O7S. The molecule has 0 spiro atoms. The van der Waals surface area contributed by atoms with Gasteiger partial charge in [0.2, 0.25) is 17.7 Å². The van der Waals surface area contributed by atoms with E-state index in [1.807, 2.05) is 75.5 Å². The first kappa shape index (κ1) is 54.5. The van der Waals surface area contributed by atoms with Crippen LogP contribution in [0.25, 0.3) is 21.7 Å². The smallest absolute Gasteiger partial charge is 0.243 e. The first-order valence-electron chi connectivity index (χ1n) is 29.0. The van der Waals surface area contributed by atoms with E-state index in [-0.39, 0.29) is 60.8 Å². The minimum absolute atomic E-state index is 0.0726. The number of nitrogens with two attached hydrogens (primary N) is 2. The summed E-state index contributed by atoms with van der Waals surface area (Å²) in [6.07, 6.45) is 9.78. The second kappa shape index (κ2) is 23.4.